The van der Waals surface area contributed by atoms with Gasteiger partial charge in [0.15, 0.2) is 0 Å². The number of carboxylic acid groups (broad SMARTS) is 1. The molecule has 1 aliphatic rings. The highest BCUT2D eigenvalue weighted by atomic mass is 16.4. The van der Waals surface area contributed by atoms with E-state index < -0.39 is 11.4 Å². The van der Waals surface area contributed by atoms with Crippen LogP contribution in [-0.4, -0.2) is 35.0 Å². The Morgan fingerprint density at radius 2 is 2.30 bits per heavy atom. The van der Waals surface area contributed by atoms with E-state index in [-0.39, 0.29) is 5.91 Å². The SMILES string of the molecule is CCC1(C(=O)O)CCCN(C(=O)CCc2ccco2)C1. The minimum atomic E-state index is -0.788. The highest BCUT2D eigenvalue weighted by Crippen LogP contribution is 2.33. The third kappa shape index (κ3) is 3.03. The number of amides is 1. The molecule has 1 aliphatic heterocycles. The zero-order valence-corrected chi connectivity index (χ0v) is 11.8. The average Bonchev–Trinajstić information content (AvgIpc) is 2.97. The molecular weight excluding hydrogens is 258 g/mol. The number of carbonyl (C=O) groups excluding carboxylic acids is 1. The van der Waals surface area contributed by atoms with E-state index in [4.69, 9.17) is 4.42 Å². The van der Waals surface area contributed by atoms with Crippen molar-refractivity contribution in [2.24, 2.45) is 5.41 Å². The van der Waals surface area contributed by atoms with Gasteiger partial charge in [-0.15, -0.1) is 0 Å². The summed E-state index contributed by atoms with van der Waals surface area (Å²) in [6, 6.07) is 3.64. The highest BCUT2D eigenvalue weighted by molar-refractivity contribution is 5.79. The Kier molecular flexibility index (Phi) is 4.47. The number of piperidine rings is 1. The maximum absolute atomic E-state index is 12.2. The molecule has 1 amide bonds. The van der Waals surface area contributed by atoms with E-state index in [2.05, 4.69) is 0 Å². The summed E-state index contributed by atoms with van der Waals surface area (Å²) in [7, 11) is 0. The van der Waals surface area contributed by atoms with Crippen molar-refractivity contribution in [1.29, 1.82) is 0 Å². The molecular formula is C15H21NO4. The summed E-state index contributed by atoms with van der Waals surface area (Å²) < 4.78 is 5.21. The van der Waals surface area contributed by atoms with Gasteiger partial charge in [0.1, 0.15) is 5.76 Å². The first kappa shape index (κ1) is 14.6. The van der Waals surface area contributed by atoms with Gasteiger partial charge < -0.3 is 14.4 Å². The van der Waals surface area contributed by atoms with Crippen molar-refractivity contribution in [3.8, 4) is 0 Å². The van der Waals surface area contributed by atoms with Crippen molar-refractivity contribution in [2.45, 2.75) is 39.0 Å². The van der Waals surface area contributed by atoms with Crippen LogP contribution in [0.2, 0.25) is 0 Å². The van der Waals surface area contributed by atoms with Gasteiger partial charge in [0.05, 0.1) is 11.7 Å². The van der Waals surface area contributed by atoms with Crippen LogP contribution in [0, 0.1) is 5.41 Å². The molecule has 1 atom stereocenters. The lowest BCUT2D eigenvalue weighted by atomic mass is 9.77. The van der Waals surface area contributed by atoms with Crippen molar-refractivity contribution >= 4 is 11.9 Å². The van der Waals surface area contributed by atoms with Gasteiger partial charge in [-0.25, -0.2) is 0 Å². The van der Waals surface area contributed by atoms with Crippen molar-refractivity contribution in [3.05, 3.63) is 24.2 Å². The monoisotopic (exact) mass is 279 g/mol. The van der Waals surface area contributed by atoms with Gasteiger partial charge >= 0.3 is 5.97 Å². The molecule has 5 nitrogen and oxygen atoms in total. The molecule has 110 valence electrons. The van der Waals surface area contributed by atoms with Crippen LogP contribution < -0.4 is 0 Å². The lowest BCUT2D eigenvalue weighted by Gasteiger charge is -2.39. The van der Waals surface area contributed by atoms with Gasteiger partial charge in [-0.2, -0.15) is 0 Å². The van der Waals surface area contributed by atoms with E-state index in [1.165, 1.54) is 0 Å². The fourth-order valence-corrected chi connectivity index (χ4v) is 2.80. The third-order valence-corrected chi connectivity index (χ3v) is 4.23. The molecule has 0 aromatic carbocycles. The molecule has 1 unspecified atom stereocenters. The van der Waals surface area contributed by atoms with E-state index in [0.717, 1.165) is 12.2 Å². The van der Waals surface area contributed by atoms with E-state index in [0.29, 0.717) is 38.8 Å². The predicted octanol–water partition coefficient (Wildman–Crippen LogP) is 2.32. The summed E-state index contributed by atoms with van der Waals surface area (Å²) in [5, 5.41) is 9.42. The second-order valence-electron chi connectivity index (χ2n) is 5.44. The number of carboxylic acids is 1. The smallest absolute Gasteiger partial charge is 0.311 e. The van der Waals surface area contributed by atoms with Gasteiger partial charge in [0.25, 0.3) is 0 Å². The number of nitrogens with zero attached hydrogens (tertiary/aromatic N) is 1. The number of furan rings is 1. The summed E-state index contributed by atoms with van der Waals surface area (Å²) in [6.07, 6.45) is 4.49. The van der Waals surface area contributed by atoms with Crippen LogP contribution in [0.5, 0.6) is 0 Å². The average molecular weight is 279 g/mol. The molecule has 1 fully saturated rings. The molecule has 0 aliphatic carbocycles. The predicted molar refractivity (Wildman–Crippen MR) is 73.2 cm³/mol. The topological polar surface area (TPSA) is 70.8 Å². The first-order valence-electron chi connectivity index (χ1n) is 7.11. The summed E-state index contributed by atoms with van der Waals surface area (Å²) in [4.78, 5) is 25.4. The minimum absolute atomic E-state index is 0.0141. The number of carbonyl (C=O) groups is 2. The first-order chi connectivity index (χ1) is 9.57. The fourth-order valence-electron chi connectivity index (χ4n) is 2.80. The Labute approximate surface area is 118 Å². The number of hydrogen-bond acceptors (Lipinski definition) is 3. The normalized spacial score (nSPS) is 22.8. The Morgan fingerprint density at radius 3 is 2.90 bits per heavy atom. The Hall–Kier alpha value is -1.78. The summed E-state index contributed by atoms with van der Waals surface area (Å²) in [6.45, 7) is 2.87. The lowest BCUT2D eigenvalue weighted by Crippen LogP contribution is -2.49. The number of rotatable bonds is 5. The van der Waals surface area contributed by atoms with Gasteiger partial charge in [-0.05, 0) is 31.4 Å². The zero-order chi connectivity index (χ0) is 14.6. The molecule has 2 heterocycles. The molecule has 0 radical (unpaired) electrons. The number of hydrogen-bond donors (Lipinski definition) is 1. The van der Waals surface area contributed by atoms with Gasteiger partial charge in [0.2, 0.25) is 5.91 Å². The molecule has 5 heteroatoms. The molecule has 1 saturated heterocycles. The first-order valence-corrected chi connectivity index (χ1v) is 7.11. The molecule has 2 rings (SSSR count). The second kappa shape index (κ2) is 6.11. The number of likely N-dealkylation sites (tertiary alicyclic amines) is 1. The van der Waals surface area contributed by atoms with Crippen molar-refractivity contribution in [1.82, 2.24) is 4.90 Å². The zero-order valence-electron chi connectivity index (χ0n) is 11.8. The van der Waals surface area contributed by atoms with Crippen LogP contribution in [-0.2, 0) is 16.0 Å². The number of aliphatic carboxylic acids is 1. The maximum Gasteiger partial charge on any atom is 0.311 e. The second-order valence-corrected chi connectivity index (χ2v) is 5.44. The van der Waals surface area contributed by atoms with Gasteiger partial charge in [-0.3, -0.25) is 9.59 Å². The highest BCUT2D eigenvalue weighted by Gasteiger charge is 2.41. The molecule has 1 N–H and O–H groups in total. The van der Waals surface area contributed by atoms with Crippen molar-refractivity contribution < 1.29 is 19.1 Å². The van der Waals surface area contributed by atoms with E-state index >= 15 is 0 Å². The molecule has 0 bridgehead atoms. The lowest BCUT2D eigenvalue weighted by molar-refractivity contribution is -0.155. The maximum atomic E-state index is 12.2. The Morgan fingerprint density at radius 1 is 1.50 bits per heavy atom. The van der Waals surface area contributed by atoms with Crippen LogP contribution in [0.1, 0.15) is 38.4 Å². The Balaban J connectivity index is 1.94. The largest absolute Gasteiger partial charge is 0.481 e. The minimum Gasteiger partial charge on any atom is -0.481 e. The van der Waals surface area contributed by atoms with E-state index in [1.807, 2.05) is 13.0 Å². The van der Waals surface area contributed by atoms with Crippen LogP contribution in [0.3, 0.4) is 0 Å². The molecule has 0 saturated carbocycles. The quantitative estimate of drug-likeness (QED) is 0.898. The fraction of sp³-hybridized carbons (Fsp3) is 0.600. The Bertz CT molecular complexity index is 468. The molecule has 1 aromatic heterocycles. The van der Waals surface area contributed by atoms with Crippen LogP contribution in [0.4, 0.5) is 0 Å². The van der Waals surface area contributed by atoms with Gasteiger partial charge in [0, 0.05) is 25.9 Å². The summed E-state index contributed by atoms with van der Waals surface area (Å²) >= 11 is 0. The van der Waals surface area contributed by atoms with E-state index in [9.17, 15) is 14.7 Å². The van der Waals surface area contributed by atoms with Crippen LogP contribution >= 0.6 is 0 Å². The summed E-state index contributed by atoms with van der Waals surface area (Å²) in [5.41, 5.74) is -0.765. The third-order valence-electron chi connectivity index (χ3n) is 4.23. The van der Waals surface area contributed by atoms with Gasteiger partial charge in [-0.1, -0.05) is 6.92 Å². The molecule has 1 aromatic rings. The summed E-state index contributed by atoms with van der Waals surface area (Å²) in [5.74, 6) is 0.0130. The molecule has 0 spiro atoms. The van der Waals surface area contributed by atoms with Crippen molar-refractivity contribution in [2.75, 3.05) is 13.1 Å². The standard InChI is InChI=1S/C15H21NO4/c1-2-15(14(18)19)8-4-9-16(11-15)13(17)7-6-12-5-3-10-20-12/h3,5,10H,2,4,6-9,11H2,1H3,(H,18,19). The molecule has 20 heavy (non-hydrogen) atoms. The van der Waals surface area contributed by atoms with E-state index in [1.54, 1.807) is 17.2 Å². The van der Waals surface area contributed by atoms with Crippen LogP contribution in [0.15, 0.2) is 22.8 Å². The van der Waals surface area contributed by atoms with Crippen molar-refractivity contribution in [3.63, 3.8) is 0 Å². The number of aryl methyl sites for hydroxylation is 1. The van der Waals surface area contributed by atoms with Crippen LogP contribution in [0.25, 0.3) is 0 Å².